The van der Waals surface area contributed by atoms with Crippen molar-refractivity contribution in [3.8, 4) is 5.75 Å². The maximum Gasteiger partial charge on any atom is 0.550 e. The zero-order valence-corrected chi connectivity index (χ0v) is 16.8. The molecule has 170 valence electrons. The van der Waals surface area contributed by atoms with Crippen molar-refractivity contribution in [2.75, 3.05) is 32.8 Å². The number of aromatic carboxylic acids is 1. The Morgan fingerprint density at radius 3 is 2.61 bits per heavy atom. The molecule has 2 aliphatic heterocycles. The van der Waals surface area contributed by atoms with Gasteiger partial charge < -0.3 is 24.8 Å². The number of benzene rings is 1. The molecule has 1 aromatic carbocycles. The Balaban J connectivity index is 1.83. The quantitative estimate of drug-likeness (QED) is 0.544. The number of carboxylic acid groups (broad SMARTS) is 1. The number of hydrogen-bond donors (Lipinski definition) is 3. The number of rotatable bonds is 7. The minimum atomic E-state index is -4.48. The Kier molecular flexibility index (Phi) is 7.12. The normalized spacial score (nSPS) is 21.9. The number of halogens is 3. The standard InChI is InChI=1S/C19H24BF3N2O6/c21-19(22,23)5-4-15(26)24-18(6-7-25-8-10-30-11-9-25)12-13-2-1-3-14(17(27)28)16(13)31-20(18)29/h1-3,29H,4-12H2,(H,24,26)(H,27,28). The average molecular weight is 444 g/mol. The van der Waals surface area contributed by atoms with E-state index in [4.69, 9.17) is 9.39 Å². The van der Waals surface area contributed by atoms with Crippen LogP contribution in [0.5, 0.6) is 5.75 Å². The van der Waals surface area contributed by atoms with Crippen LogP contribution in [0.4, 0.5) is 13.2 Å². The molecule has 0 aliphatic carbocycles. The fourth-order valence-corrected chi connectivity index (χ4v) is 3.84. The van der Waals surface area contributed by atoms with E-state index >= 15 is 0 Å². The van der Waals surface area contributed by atoms with Crippen LogP contribution in [0.2, 0.25) is 0 Å². The SMILES string of the molecule is O=C(CCC(F)(F)F)NC1(CCN2CCOCC2)Cc2cccc(C(=O)O)c2OB1O. The highest BCUT2D eigenvalue weighted by atomic mass is 19.4. The number of alkyl halides is 3. The number of para-hydroxylation sites is 1. The fraction of sp³-hybridized carbons (Fsp3) is 0.579. The fourth-order valence-electron chi connectivity index (χ4n) is 3.84. The Labute approximate surface area is 177 Å². The van der Waals surface area contributed by atoms with Crippen molar-refractivity contribution in [2.24, 2.45) is 0 Å². The first-order valence-electron chi connectivity index (χ1n) is 9.97. The summed E-state index contributed by atoms with van der Waals surface area (Å²) in [5, 5.41) is 22.7. The summed E-state index contributed by atoms with van der Waals surface area (Å²) in [7, 11) is -1.63. The number of carbonyl (C=O) groups is 2. The van der Waals surface area contributed by atoms with Gasteiger partial charge in [-0.2, -0.15) is 13.2 Å². The lowest BCUT2D eigenvalue weighted by molar-refractivity contribution is -0.144. The van der Waals surface area contributed by atoms with E-state index in [1.165, 1.54) is 12.1 Å². The second-order valence-electron chi connectivity index (χ2n) is 7.77. The summed E-state index contributed by atoms with van der Waals surface area (Å²) in [6, 6.07) is 4.46. The van der Waals surface area contributed by atoms with Crippen LogP contribution in [0.25, 0.3) is 0 Å². The predicted molar refractivity (Wildman–Crippen MR) is 104 cm³/mol. The van der Waals surface area contributed by atoms with E-state index in [0.717, 1.165) is 0 Å². The summed E-state index contributed by atoms with van der Waals surface area (Å²) in [6.07, 6.45) is -6.33. The van der Waals surface area contributed by atoms with Gasteiger partial charge in [-0.1, -0.05) is 12.1 Å². The van der Waals surface area contributed by atoms with E-state index in [0.29, 0.717) is 38.4 Å². The second kappa shape index (κ2) is 9.45. The van der Waals surface area contributed by atoms with Crippen molar-refractivity contribution >= 4 is 19.0 Å². The Hall–Kier alpha value is -2.31. The molecule has 1 fully saturated rings. The minimum Gasteiger partial charge on any atom is -0.534 e. The lowest BCUT2D eigenvalue weighted by Crippen LogP contribution is -2.66. The summed E-state index contributed by atoms with van der Waals surface area (Å²) in [6.45, 7) is 2.81. The lowest BCUT2D eigenvalue weighted by Gasteiger charge is -2.41. The number of fused-ring (bicyclic) bond motifs is 1. The molecule has 0 spiro atoms. The number of morpholine rings is 1. The van der Waals surface area contributed by atoms with Crippen molar-refractivity contribution in [2.45, 2.75) is 37.3 Å². The van der Waals surface area contributed by atoms with Crippen LogP contribution in [-0.4, -0.2) is 78.5 Å². The van der Waals surface area contributed by atoms with Crippen LogP contribution >= 0.6 is 0 Å². The Bertz CT molecular complexity index is 818. The predicted octanol–water partition coefficient (Wildman–Crippen LogP) is 1.26. The number of ether oxygens (including phenoxy) is 1. The molecule has 0 saturated carbocycles. The van der Waals surface area contributed by atoms with Crippen LogP contribution < -0.4 is 9.97 Å². The first kappa shape index (κ1) is 23.4. The molecule has 0 aromatic heterocycles. The molecule has 0 radical (unpaired) electrons. The van der Waals surface area contributed by atoms with E-state index in [9.17, 15) is 32.9 Å². The average Bonchev–Trinajstić information content (AvgIpc) is 2.71. The van der Waals surface area contributed by atoms with Crippen molar-refractivity contribution < 1.29 is 42.3 Å². The van der Waals surface area contributed by atoms with Crippen LogP contribution in [0.15, 0.2) is 18.2 Å². The van der Waals surface area contributed by atoms with Crippen molar-refractivity contribution in [3.05, 3.63) is 29.3 Å². The molecule has 1 unspecified atom stereocenters. The maximum absolute atomic E-state index is 12.5. The third kappa shape index (κ3) is 5.89. The van der Waals surface area contributed by atoms with E-state index < -0.39 is 43.5 Å². The van der Waals surface area contributed by atoms with Crippen LogP contribution in [0, 0.1) is 0 Å². The molecule has 3 N–H and O–H groups in total. The summed E-state index contributed by atoms with van der Waals surface area (Å²) < 4.78 is 48.5. The largest absolute Gasteiger partial charge is 0.550 e. The number of carbonyl (C=O) groups excluding carboxylic acids is 1. The van der Waals surface area contributed by atoms with Gasteiger partial charge in [-0.3, -0.25) is 9.69 Å². The van der Waals surface area contributed by atoms with E-state index in [1.54, 1.807) is 6.07 Å². The highest BCUT2D eigenvalue weighted by Gasteiger charge is 2.51. The molecule has 8 nitrogen and oxygen atoms in total. The summed E-state index contributed by atoms with van der Waals surface area (Å²) in [5.41, 5.74) is -1.09. The molecule has 3 rings (SSSR count). The van der Waals surface area contributed by atoms with Crippen molar-refractivity contribution in [1.29, 1.82) is 0 Å². The summed E-state index contributed by atoms with van der Waals surface area (Å²) in [5.74, 6) is -2.10. The number of nitrogens with one attached hydrogen (secondary N) is 1. The third-order valence-electron chi connectivity index (χ3n) is 5.54. The van der Waals surface area contributed by atoms with Crippen LogP contribution in [-0.2, 0) is 16.0 Å². The molecular weight excluding hydrogens is 420 g/mol. The molecule has 31 heavy (non-hydrogen) atoms. The van der Waals surface area contributed by atoms with E-state index in [1.807, 2.05) is 0 Å². The highest BCUT2D eigenvalue weighted by molar-refractivity contribution is 6.49. The van der Waals surface area contributed by atoms with Gasteiger partial charge in [-0.25, -0.2) is 4.79 Å². The maximum atomic E-state index is 12.5. The first-order valence-corrected chi connectivity index (χ1v) is 9.97. The molecule has 2 heterocycles. The zero-order valence-electron chi connectivity index (χ0n) is 16.8. The molecule has 1 saturated heterocycles. The monoisotopic (exact) mass is 444 g/mol. The molecule has 1 aromatic rings. The van der Waals surface area contributed by atoms with Crippen molar-refractivity contribution in [3.63, 3.8) is 0 Å². The molecule has 12 heteroatoms. The van der Waals surface area contributed by atoms with Gasteiger partial charge in [0.05, 0.1) is 30.6 Å². The van der Waals surface area contributed by atoms with E-state index in [2.05, 4.69) is 10.2 Å². The van der Waals surface area contributed by atoms with E-state index in [-0.39, 0.29) is 24.2 Å². The van der Waals surface area contributed by atoms with Gasteiger partial charge in [-0.15, -0.1) is 0 Å². The topological polar surface area (TPSA) is 108 Å². The van der Waals surface area contributed by atoms with Gasteiger partial charge in [0.2, 0.25) is 5.91 Å². The zero-order chi connectivity index (χ0) is 22.6. The van der Waals surface area contributed by atoms with Gasteiger partial charge in [0.25, 0.3) is 0 Å². The van der Waals surface area contributed by atoms with Gasteiger partial charge in [0.1, 0.15) is 5.75 Å². The minimum absolute atomic E-state index is 0.00552. The smallest absolute Gasteiger partial charge is 0.534 e. The number of nitrogens with zero attached hydrogens (tertiary/aromatic N) is 1. The molecule has 1 amide bonds. The number of hydrogen-bond acceptors (Lipinski definition) is 6. The molecule has 1 atom stereocenters. The molecule has 0 bridgehead atoms. The van der Waals surface area contributed by atoms with Crippen molar-refractivity contribution in [1.82, 2.24) is 10.2 Å². The highest BCUT2D eigenvalue weighted by Crippen LogP contribution is 2.36. The van der Waals surface area contributed by atoms with Gasteiger partial charge in [0, 0.05) is 26.1 Å². The van der Waals surface area contributed by atoms with Crippen LogP contribution in [0.3, 0.4) is 0 Å². The summed E-state index contributed by atoms with van der Waals surface area (Å²) >= 11 is 0. The second-order valence-corrected chi connectivity index (χ2v) is 7.77. The number of amides is 1. The first-order chi connectivity index (χ1) is 14.6. The molecule has 2 aliphatic rings. The van der Waals surface area contributed by atoms with Gasteiger partial charge >= 0.3 is 19.3 Å². The number of carboxylic acids is 1. The summed E-state index contributed by atoms with van der Waals surface area (Å²) in [4.78, 5) is 25.9. The third-order valence-corrected chi connectivity index (χ3v) is 5.54. The van der Waals surface area contributed by atoms with Gasteiger partial charge in [0.15, 0.2) is 0 Å². The Morgan fingerprint density at radius 1 is 1.26 bits per heavy atom. The van der Waals surface area contributed by atoms with Crippen LogP contribution in [0.1, 0.15) is 35.2 Å². The van der Waals surface area contributed by atoms with Gasteiger partial charge in [-0.05, 0) is 24.5 Å². The molecular formula is C19H24BF3N2O6. The lowest BCUT2D eigenvalue weighted by atomic mass is 9.57. The Morgan fingerprint density at radius 2 is 1.97 bits per heavy atom.